The Bertz CT molecular complexity index is 644. The topological polar surface area (TPSA) is 57.7 Å². The van der Waals surface area contributed by atoms with Gasteiger partial charge in [0.15, 0.2) is 0 Å². The standard InChI is InChI=1S/C17H26N2O3S2/c1-3-4-6-17(20)18-11-5-12-19(14-13-18)24(21,22)16-9-7-15(23-2)8-10-16/h7-10H,3-6,11-14H2,1-2H3. The summed E-state index contributed by atoms with van der Waals surface area (Å²) in [6, 6.07) is 6.98. The van der Waals surface area contributed by atoms with E-state index in [0.29, 0.717) is 43.9 Å². The number of carbonyl (C=O) groups excluding carboxylic acids is 1. The van der Waals surface area contributed by atoms with Gasteiger partial charge in [-0.05, 0) is 43.4 Å². The first-order chi connectivity index (χ1) is 11.5. The summed E-state index contributed by atoms with van der Waals surface area (Å²) >= 11 is 1.58. The molecule has 1 amide bonds. The molecular formula is C17H26N2O3S2. The molecule has 0 aromatic heterocycles. The van der Waals surface area contributed by atoms with Gasteiger partial charge in [0.25, 0.3) is 0 Å². The number of unbranched alkanes of at least 4 members (excludes halogenated alkanes) is 1. The molecule has 1 aliphatic heterocycles. The molecule has 1 fully saturated rings. The number of thioether (sulfide) groups is 1. The van der Waals surface area contributed by atoms with Gasteiger partial charge in [-0.15, -0.1) is 11.8 Å². The summed E-state index contributed by atoms with van der Waals surface area (Å²) < 4.78 is 27.1. The summed E-state index contributed by atoms with van der Waals surface area (Å²) in [6.07, 6.45) is 5.08. The van der Waals surface area contributed by atoms with Crippen LogP contribution in [0.4, 0.5) is 0 Å². The lowest BCUT2D eigenvalue weighted by atomic mass is 10.2. The summed E-state index contributed by atoms with van der Waals surface area (Å²) in [5.41, 5.74) is 0. The number of rotatable bonds is 6. The molecule has 1 heterocycles. The molecule has 7 heteroatoms. The number of amides is 1. The Morgan fingerprint density at radius 2 is 1.83 bits per heavy atom. The molecule has 0 atom stereocenters. The van der Waals surface area contributed by atoms with Crippen molar-refractivity contribution in [3.63, 3.8) is 0 Å². The quantitative estimate of drug-likeness (QED) is 0.723. The number of hydrogen-bond acceptors (Lipinski definition) is 4. The SMILES string of the molecule is CCCCC(=O)N1CCCN(S(=O)(=O)c2ccc(SC)cc2)CC1. The third kappa shape index (κ3) is 4.74. The monoisotopic (exact) mass is 370 g/mol. The Balaban J connectivity index is 2.05. The van der Waals surface area contributed by atoms with Crippen molar-refractivity contribution < 1.29 is 13.2 Å². The zero-order valence-corrected chi connectivity index (χ0v) is 16.0. The second-order valence-electron chi connectivity index (χ2n) is 5.92. The van der Waals surface area contributed by atoms with E-state index in [0.717, 1.165) is 17.7 Å². The average molecular weight is 371 g/mol. The molecule has 1 aromatic carbocycles. The van der Waals surface area contributed by atoms with E-state index in [1.165, 1.54) is 4.31 Å². The van der Waals surface area contributed by atoms with Crippen LogP contribution in [-0.4, -0.2) is 56.0 Å². The highest BCUT2D eigenvalue weighted by molar-refractivity contribution is 7.98. The van der Waals surface area contributed by atoms with E-state index in [4.69, 9.17) is 0 Å². The van der Waals surface area contributed by atoms with Gasteiger partial charge in [-0.2, -0.15) is 4.31 Å². The van der Waals surface area contributed by atoms with E-state index >= 15 is 0 Å². The maximum Gasteiger partial charge on any atom is 0.243 e. The predicted molar refractivity (Wildman–Crippen MR) is 97.7 cm³/mol. The molecule has 0 radical (unpaired) electrons. The van der Waals surface area contributed by atoms with E-state index in [2.05, 4.69) is 6.92 Å². The first-order valence-corrected chi connectivity index (χ1v) is 11.1. The fourth-order valence-electron chi connectivity index (χ4n) is 2.77. The second-order valence-corrected chi connectivity index (χ2v) is 8.74. The molecule has 0 aliphatic carbocycles. The molecule has 1 aromatic rings. The van der Waals surface area contributed by atoms with Crippen molar-refractivity contribution in [1.82, 2.24) is 9.21 Å². The normalized spacial score (nSPS) is 16.8. The van der Waals surface area contributed by atoms with Gasteiger partial charge in [0.1, 0.15) is 0 Å². The highest BCUT2D eigenvalue weighted by atomic mass is 32.2. The first-order valence-electron chi connectivity index (χ1n) is 8.41. The highest BCUT2D eigenvalue weighted by Crippen LogP contribution is 2.21. The first kappa shape index (κ1) is 19.3. The molecule has 134 valence electrons. The molecule has 0 saturated carbocycles. The van der Waals surface area contributed by atoms with Crippen molar-refractivity contribution >= 4 is 27.7 Å². The molecule has 24 heavy (non-hydrogen) atoms. The van der Waals surface area contributed by atoms with Crippen LogP contribution in [0.1, 0.15) is 32.6 Å². The van der Waals surface area contributed by atoms with E-state index in [-0.39, 0.29) is 5.91 Å². The lowest BCUT2D eigenvalue weighted by Gasteiger charge is -2.22. The maximum atomic E-state index is 12.8. The van der Waals surface area contributed by atoms with E-state index < -0.39 is 10.0 Å². The van der Waals surface area contributed by atoms with Crippen LogP contribution in [-0.2, 0) is 14.8 Å². The fraction of sp³-hybridized carbons (Fsp3) is 0.588. The molecule has 2 rings (SSSR count). The Hall–Kier alpha value is -1.05. The zero-order valence-electron chi connectivity index (χ0n) is 14.4. The van der Waals surface area contributed by atoms with Gasteiger partial charge >= 0.3 is 0 Å². The van der Waals surface area contributed by atoms with Crippen molar-refractivity contribution in [2.24, 2.45) is 0 Å². The van der Waals surface area contributed by atoms with Gasteiger partial charge in [0.2, 0.25) is 15.9 Å². The van der Waals surface area contributed by atoms with Crippen molar-refractivity contribution in [2.45, 2.75) is 42.4 Å². The van der Waals surface area contributed by atoms with Crippen LogP contribution >= 0.6 is 11.8 Å². The summed E-state index contributed by atoms with van der Waals surface area (Å²) in [7, 11) is -3.49. The van der Waals surface area contributed by atoms with Crippen LogP contribution in [0.25, 0.3) is 0 Å². The smallest absolute Gasteiger partial charge is 0.243 e. The number of nitrogens with zero attached hydrogens (tertiary/aromatic N) is 2. The maximum absolute atomic E-state index is 12.8. The predicted octanol–water partition coefficient (Wildman–Crippen LogP) is 2.82. The molecule has 0 unspecified atom stereocenters. The minimum atomic E-state index is -3.49. The van der Waals surface area contributed by atoms with Crippen LogP contribution in [0.5, 0.6) is 0 Å². The Morgan fingerprint density at radius 3 is 2.46 bits per heavy atom. The lowest BCUT2D eigenvalue weighted by Crippen LogP contribution is -2.37. The molecule has 0 N–H and O–H groups in total. The number of carbonyl (C=O) groups is 1. The molecule has 1 aliphatic rings. The third-order valence-corrected chi connectivity index (χ3v) is 6.91. The number of benzene rings is 1. The van der Waals surface area contributed by atoms with Gasteiger partial charge in [-0.1, -0.05) is 13.3 Å². The van der Waals surface area contributed by atoms with Crippen LogP contribution in [0.15, 0.2) is 34.1 Å². The number of sulfonamides is 1. The number of hydrogen-bond donors (Lipinski definition) is 0. The van der Waals surface area contributed by atoms with Crippen LogP contribution in [0.3, 0.4) is 0 Å². The minimum absolute atomic E-state index is 0.139. The van der Waals surface area contributed by atoms with Crippen molar-refractivity contribution in [3.05, 3.63) is 24.3 Å². The van der Waals surface area contributed by atoms with Crippen molar-refractivity contribution in [1.29, 1.82) is 0 Å². The average Bonchev–Trinajstić information content (AvgIpc) is 2.86. The Kier molecular flexibility index (Phi) is 7.13. The van der Waals surface area contributed by atoms with Gasteiger partial charge in [0, 0.05) is 37.5 Å². The summed E-state index contributed by atoms with van der Waals surface area (Å²) in [5, 5.41) is 0. The van der Waals surface area contributed by atoms with Crippen LogP contribution < -0.4 is 0 Å². The minimum Gasteiger partial charge on any atom is -0.341 e. The largest absolute Gasteiger partial charge is 0.341 e. The van der Waals surface area contributed by atoms with Crippen molar-refractivity contribution in [3.8, 4) is 0 Å². The molecule has 0 bridgehead atoms. The zero-order chi connectivity index (χ0) is 17.6. The molecule has 1 saturated heterocycles. The lowest BCUT2D eigenvalue weighted by molar-refractivity contribution is -0.131. The summed E-state index contributed by atoms with van der Waals surface area (Å²) in [4.78, 5) is 15.3. The third-order valence-electron chi connectivity index (χ3n) is 4.25. The van der Waals surface area contributed by atoms with Crippen molar-refractivity contribution in [2.75, 3.05) is 32.4 Å². The van der Waals surface area contributed by atoms with Crippen LogP contribution in [0.2, 0.25) is 0 Å². The highest BCUT2D eigenvalue weighted by Gasteiger charge is 2.28. The fourth-order valence-corrected chi connectivity index (χ4v) is 4.64. The Labute approximate surface area is 149 Å². The van der Waals surface area contributed by atoms with E-state index in [1.54, 1.807) is 23.9 Å². The Morgan fingerprint density at radius 1 is 1.12 bits per heavy atom. The van der Waals surface area contributed by atoms with E-state index in [9.17, 15) is 13.2 Å². The summed E-state index contributed by atoms with van der Waals surface area (Å²) in [5.74, 6) is 0.139. The second kappa shape index (κ2) is 8.87. The molecular weight excluding hydrogens is 344 g/mol. The van der Waals surface area contributed by atoms with Gasteiger partial charge in [-0.25, -0.2) is 8.42 Å². The van der Waals surface area contributed by atoms with Gasteiger partial charge in [0.05, 0.1) is 4.90 Å². The van der Waals surface area contributed by atoms with Gasteiger partial charge < -0.3 is 4.90 Å². The van der Waals surface area contributed by atoms with Gasteiger partial charge in [-0.3, -0.25) is 4.79 Å². The van der Waals surface area contributed by atoms with E-state index in [1.807, 2.05) is 23.3 Å². The molecule has 5 nitrogen and oxygen atoms in total. The summed E-state index contributed by atoms with van der Waals surface area (Å²) in [6.45, 7) is 4.01. The van der Waals surface area contributed by atoms with Crippen LogP contribution in [0, 0.1) is 0 Å². The molecule has 0 spiro atoms.